The van der Waals surface area contributed by atoms with E-state index < -0.39 is 0 Å². The molecule has 1 N–H and O–H groups in total. The number of imidazole rings is 1. The number of aliphatic hydroxyl groups excluding tert-OH is 1. The van der Waals surface area contributed by atoms with Crippen LogP contribution < -0.4 is 0 Å². The summed E-state index contributed by atoms with van der Waals surface area (Å²) in [6.45, 7) is 2.45. The van der Waals surface area contributed by atoms with E-state index in [2.05, 4.69) is 28.1 Å². The van der Waals surface area contributed by atoms with Crippen LogP contribution in [0.5, 0.6) is 0 Å². The van der Waals surface area contributed by atoms with Crippen LogP contribution in [0, 0.1) is 11.8 Å². The van der Waals surface area contributed by atoms with E-state index in [1.54, 1.807) is 6.33 Å². The average Bonchev–Trinajstić information content (AvgIpc) is 2.86. The minimum Gasteiger partial charge on any atom is -0.396 e. The lowest BCUT2D eigenvalue weighted by Crippen LogP contribution is -2.21. The maximum atomic E-state index is 9.43. The summed E-state index contributed by atoms with van der Waals surface area (Å²) in [4.78, 5) is 12.4. The highest BCUT2D eigenvalue weighted by Crippen LogP contribution is 2.33. The Labute approximate surface area is 122 Å². The van der Waals surface area contributed by atoms with Gasteiger partial charge in [0.05, 0.1) is 0 Å². The standard InChI is InChI=1S/C14H17ClN4O/c1-9-2-3-10(4-11(9)6-20)5-19-8-18-12-13(15)16-7-17-14(12)19/h5,7-9,11,20H,2-4,6H2,1H3/b10-5+. The minimum absolute atomic E-state index is 0.247. The Morgan fingerprint density at radius 3 is 3.10 bits per heavy atom. The van der Waals surface area contributed by atoms with E-state index in [1.165, 1.54) is 11.9 Å². The van der Waals surface area contributed by atoms with Gasteiger partial charge in [0.25, 0.3) is 0 Å². The van der Waals surface area contributed by atoms with Crippen LogP contribution in [0.1, 0.15) is 26.2 Å². The van der Waals surface area contributed by atoms with Crippen LogP contribution in [0.15, 0.2) is 18.2 Å². The molecule has 1 fully saturated rings. The molecule has 1 aliphatic carbocycles. The van der Waals surface area contributed by atoms with Gasteiger partial charge in [0, 0.05) is 12.8 Å². The second-order valence-electron chi connectivity index (χ2n) is 5.44. The quantitative estimate of drug-likeness (QED) is 0.865. The lowest BCUT2D eigenvalue weighted by Gasteiger charge is -2.29. The molecule has 5 nitrogen and oxygen atoms in total. The third-order valence-corrected chi connectivity index (χ3v) is 4.40. The molecule has 1 aliphatic rings. The third-order valence-electron chi connectivity index (χ3n) is 4.12. The van der Waals surface area contributed by atoms with E-state index in [4.69, 9.17) is 11.6 Å². The molecule has 0 saturated heterocycles. The van der Waals surface area contributed by atoms with Crippen molar-refractivity contribution in [2.24, 2.45) is 11.8 Å². The van der Waals surface area contributed by atoms with Crippen molar-refractivity contribution in [3.05, 3.63) is 23.4 Å². The molecule has 0 amide bonds. The van der Waals surface area contributed by atoms with Crippen LogP contribution >= 0.6 is 11.6 Å². The van der Waals surface area contributed by atoms with Crippen molar-refractivity contribution in [3.63, 3.8) is 0 Å². The zero-order chi connectivity index (χ0) is 14.1. The molecule has 0 aliphatic heterocycles. The maximum Gasteiger partial charge on any atom is 0.168 e. The van der Waals surface area contributed by atoms with E-state index in [0.717, 1.165) is 24.9 Å². The number of aromatic nitrogens is 4. The van der Waals surface area contributed by atoms with Crippen molar-refractivity contribution in [1.82, 2.24) is 19.5 Å². The fraction of sp³-hybridized carbons (Fsp3) is 0.500. The molecule has 3 rings (SSSR count). The molecule has 2 unspecified atom stereocenters. The predicted molar refractivity (Wildman–Crippen MR) is 78.2 cm³/mol. The van der Waals surface area contributed by atoms with Crippen LogP contribution in [-0.4, -0.2) is 31.2 Å². The average molecular weight is 293 g/mol. The minimum atomic E-state index is 0.247. The van der Waals surface area contributed by atoms with Gasteiger partial charge in [0.2, 0.25) is 0 Å². The summed E-state index contributed by atoms with van der Waals surface area (Å²) in [6, 6.07) is 0. The number of aliphatic hydroxyl groups is 1. The normalized spacial score (nSPS) is 25.4. The zero-order valence-electron chi connectivity index (χ0n) is 11.3. The van der Waals surface area contributed by atoms with Gasteiger partial charge in [-0.15, -0.1) is 0 Å². The number of allylic oxidation sites excluding steroid dienone is 1. The number of rotatable bonds is 2. The smallest absolute Gasteiger partial charge is 0.168 e. The molecule has 0 aromatic carbocycles. The second kappa shape index (κ2) is 5.50. The summed E-state index contributed by atoms with van der Waals surface area (Å²) < 4.78 is 1.89. The number of nitrogens with zero attached hydrogens (tertiary/aromatic N) is 4. The largest absolute Gasteiger partial charge is 0.396 e. The molecule has 0 spiro atoms. The first-order valence-electron chi connectivity index (χ1n) is 6.82. The van der Waals surface area contributed by atoms with E-state index in [1.807, 2.05) is 4.57 Å². The van der Waals surface area contributed by atoms with Gasteiger partial charge in [-0.05, 0) is 31.1 Å². The van der Waals surface area contributed by atoms with Gasteiger partial charge >= 0.3 is 0 Å². The van der Waals surface area contributed by atoms with E-state index >= 15 is 0 Å². The van der Waals surface area contributed by atoms with Crippen LogP contribution in [0.3, 0.4) is 0 Å². The fourth-order valence-electron chi connectivity index (χ4n) is 2.77. The monoisotopic (exact) mass is 292 g/mol. The Morgan fingerprint density at radius 2 is 2.30 bits per heavy atom. The first-order valence-corrected chi connectivity index (χ1v) is 7.20. The molecular weight excluding hydrogens is 276 g/mol. The molecule has 106 valence electrons. The van der Waals surface area contributed by atoms with Gasteiger partial charge in [0.1, 0.15) is 18.2 Å². The SMILES string of the molecule is CC1CC/C(=C\n2cnc3c(Cl)ncnc32)CC1CO. The molecule has 6 heteroatoms. The van der Waals surface area contributed by atoms with E-state index in [-0.39, 0.29) is 6.61 Å². The maximum absolute atomic E-state index is 9.43. The predicted octanol–water partition coefficient (Wildman–Crippen LogP) is 2.75. The van der Waals surface area contributed by atoms with Crippen LogP contribution in [0.25, 0.3) is 17.4 Å². The van der Waals surface area contributed by atoms with Crippen molar-refractivity contribution in [3.8, 4) is 0 Å². The first-order chi connectivity index (χ1) is 9.69. The van der Waals surface area contributed by atoms with Gasteiger partial charge in [-0.2, -0.15) is 0 Å². The molecule has 2 heterocycles. The van der Waals surface area contributed by atoms with Crippen molar-refractivity contribution < 1.29 is 5.11 Å². The Bertz CT molecular complexity index is 652. The molecule has 2 aromatic rings. The third kappa shape index (κ3) is 2.43. The van der Waals surface area contributed by atoms with Gasteiger partial charge in [-0.1, -0.05) is 24.1 Å². The lowest BCUT2D eigenvalue weighted by atomic mass is 9.78. The van der Waals surface area contributed by atoms with Gasteiger partial charge in [-0.25, -0.2) is 15.0 Å². The molecule has 20 heavy (non-hydrogen) atoms. The Hall–Kier alpha value is -1.46. The highest BCUT2D eigenvalue weighted by atomic mass is 35.5. The van der Waals surface area contributed by atoms with Crippen molar-refractivity contribution in [2.75, 3.05) is 6.61 Å². The summed E-state index contributed by atoms with van der Waals surface area (Å²) in [5.74, 6) is 0.927. The Balaban J connectivity index is 1.92. The number of fused-ring (bicyclic) bond motifs is 1. The number of hydrogen-bond acceptors (Lipinski definition) is 4. The highest BCUT2D eigenvalue weighted by Gasteiger charge is 2.23. The molecule has 1 saturated carbocycles. The number of hydrogen-bond donors (Lipinski definition) is 1. The summed E-state index contributed by atoms with van der Waals surface area (Å²) in [5.41, 5.74) is 2.65. The summed E-state index contributed by atoms with van der Waals surface area (Å²) in [7, 11) is 0. The van der Waals surface area contributed by atoms with Crippen LogP contribution in [-0.2, 0) is 0 Å². The van der Waals surface area contributed by atoms with Crippen molar-refractivity contribution >= 4 is 29.0 Å². The summed E-state index contributed by atoms with van der Waals surface area (Å²) >= 11 is 6.00. The summed E-state index contributed by atoms with van der Waals surface area (Å²) in [5, 5.41) is 9.80. The first kappa shape index (κ1) is 13.5. The van der Waals surface area contributed by atoms with Gasteiger partial charge < -0.3 is 5.11 Å². The fourth-order valence-corrected chi connectivity index (χ4v) is 2.94. The highest BCUT2D eigenvalue weighted by molar-refractivity contribution is 6.33. The second-order valence-corrected chi connectivity index (χ2v) is 5.80. The van der Waals surface area contributed by atoms with Crippen LogP contribution in [0.4, 0.5) is 0 Å². The molecular formula is C14H17ClN4O. The topological polar surface area (TPSA) is 63.8 Å². The Kier molecular flexibility index (Phi) is 3.72. The number of halogens is 1. The zero-order valence-corrected chi connectivity index (χ0v) is 12.1. The van der Waals surface area contributed by atoms with Crippen molar-refractivity contribution in [2.45, 2.75) is 26.2 Å². The van der Waals surface area contributed by atoms with E-state index in [0.29, 0.717) is 22.5 Å². The molecule has 2 aromatic heterocycles. The molecule has 2 atom stereocenters. The lowest BCUT2D eigenvalue weighted by molar-refractivity contribution is 0.163. The van der Waals surface area contributed by atoms with Gasteiger partial charge in [0.15, 0.2) is 10.8 Å². The van der Waals surface area contributed by atoms with Gasteiger partial charge in [-0.3, -0.25) is 4.57 Å². The van der Waals surface area contributed by atoms with Crippen molar-refractivity contribution in [1.29, 1.82) is 0 Å². The van der Waals surface area contributed by atoms with Crippen LogP contribution in [0.2, 0.25) is 5.15 Å². The molecule has 0 radical (unpaired) electrons. The summed E-state index contributed by atoms with van der Waals surface area (Å²) in [6.07, 6.45) is 8.31. The molecule has 0 bridgehead atoms. The Morgan fingerprint density at radius 1 is 1.45 bits per heavy atom. The van der Waals surface area contributed by atoms with E-state index in [9.17, 15) is 5.11 Å².